The summed E-state index contributed by atoms with van der Waals surface area (Å²) >= 11 is 0. The van der Waals surface area contributed by atoms with E-state index in [4.69, 9.17) is 0 Å². The van der Waals surface area contributed by atoms with Crippen LogP contribution in [0.15, 0.2) is 11.6 Å². The number of nitrogens with zero attached hydrogens (tertiary/aromatic N) is 1. The summed E-state index contributed by atoms with van der Waals surface area (Å²) in [5.41, 5.74) is -0.326. The van der Waals surface area contributed by atoms with Crippen LogP contribution in [0.5, 0.6) is 0 Å². The van der Waals surface area contributed by atoms with Crippen molar-refractivity contribution in [3.63, 3.8) is 0 Å². The lowest BCUT2D eigenvalue weighted by Gasteiger charge is -2.38. The van der Waals surface area contributed by atoms with E-state index in [-0.39, 0.29) is 29.2 Å². The Bertz CT molecular complexity index is 591. The lowest BCUT2D eigenvalue weighted by Crippen LogP contribution is -2.59. The molecule has 7 heteroatoms. The first-order chi connectivity index (χ1) is 12.6. The van der Waals surface area contributed by atoms with Gasteiger partial charge in [0.25, 0.3) is 0 Å². The molecule has 3 atom stereocenters. The summed E-state index contributed by atoms with van der Waals surface area (Å²) in [6.07, 6.45) is 1.59. The van der Waals surface area contributed by atoms with Gasteiger partial charge in [-0.3, -0.25) is 9.59 Å². The third kappa shape index (κ3) is 7.26. The summed E-state index contributed by atoms with van der Waals surface area (Å²) in [4.78, 5) is 38.8. The van der Waals surface area contributed by atoms with Gasteiger partial charge in [-0.2, -0.15) is 0 Å². The smallest absolute Gasteiger partial charge is 0.331 e. The van der Waals surface area contributed by atoms with E-state index < -0.39 is 29.5 Å². The zero-order valence-corrected chi connectivity index (χ0v) is 19.1. The van der Waals surface area contributed by atoms with Crippen molar-refractivity contribution in [2.24, 2.45) is 17.3 Å². The zero-order chi connectivity index (χ0) is 22.4. The van der Waals surface area contributed by atoms with E-state index in [9.17, 15) is 19.5 Å². The quantitative estimate of drug-likeness (QED) is 0.519. The predicted molar refractivity (Wildman–Crippen MR) is 112 cm³/mol. The summed E-state index contributed by atoms with van der Waals surface area (Å²) in [6.45, 7) is 15.0. The number of carbonyl (C=O) groups is 3. The van der Waals surface area contributed by atoms with Crippen LogP contribution in [-0.4, -0.2) is 60.0 Å². The number of hydrogen-bond acceptors (Lipinski definition) is 4. The Morgan fingerprint density at radius 3 is 1.86 bits per heavy atom. The molecule has 7 nitrogen and oxygen atoms in total. The second kappa shape index (κ2) is 10.6. The van der Waals surface area contributed by atoms with E-state index in [1.165, 1.54) is 11.8 Å². The molecular formula is C21H39N3O4. The minimum absolute atomic E-state index is 0.0142. The van der Waals surface area contributed by atoms with Crippen molar-refractivity contribution in [1.29, 1.82) is 0 Å². The Morgan fingerprint density at radius 1 is 1.04 bits per heavy atom. The second-order valence-corrected chi connectivity index (χ2v) is 9.16. The highest BCUT2D eigenvalue weighted by molar-refractivity contribution is 5.91. The molecule has 0 aromatic rings. The minimum atomic E-state index is -1.01. The van der Waals surface area contributed by atoms with Gasteiger partial charge in [-0.05, 0) is 31.2 Å². The van der Waals surface area contributed by atoms with Crippen molar-refractivity contribution in [1.82, 2.24) is 15.5 Å². The van der Waals surface area contributed by atoms with Gasteiger partial charge < -0.3 is 20.6 Å². The van der Waals surface area contributed by atoms with E-state index in [1.807, 2.05) is 48.5 Å². The monoisotopic (exact) mass is 397 g/mol. The lowest BCUT2D eigenvalue weighted by molar-refractivity contribution is -0.140. The van der Waals surface area contributed by atoms with Crippen molar-refractivity contribution in [2.75, 3.05) is 14.1 Å². The molecule has 0 spiro atoms. The van der Waals surface area contributed by atoms with Crippen molar-refractivity contribution < 1.29 is 19.5 Å². The highest BCUT2D eigenvalue weighted by atomic mass is 16.4. The van der Waals surface area contributed by atoms with Crippen LogP contribution in [0.4, 0.5) is 0 Å². The van der Waals surface area contributed by atoms with Gasteiger partial charge in [-0.1, -0.05) is 54.5 Å². The highest BCUT2D eigenvalue weighted by Crippen LogP contribution is 2.24. The first-order valence-corrected chi connectivity index (χ1v) is 9.81. The van der Waals surface area contributed by atoms with Crippen LogP contribution in [0.1, 0.15) is 55.4 Å². The number of amides is 2. The van der Waals surface area contributed by atoms with Crippen LogP contribution in [0.25, 0.3) is 0 Å². The maximum atomic E-state index is 13.3. The molecule has 0 aliphatic heterocycles. The molecule has 0 saturated carbocycles. The van der Waals surface area contributed by atoms with Gasteiger partial charge >= 0.3 is 5.97 Å². The molecule has 0 fully saturated rings. The maximum absolute atomic E-state index is 13.3. The van der Waals surface area contributed by atoms with Crippen LogP contribution in [0.2, 0.25) is 0 Å². The Hall–Kier alpha value is -1.89. The van der Waals surface area contributed by atoms with Crippen LogP contribution < -0.4 is 10.6 Å². The number of carboxylic acid groups (broad SMARTS) is 1. The van der Waals surface area contributed by atoms with Gasteiger partial charge in [-0.15, -0.1) is 0 Å². The summed E-state index contributed by atoms with van der Waals surface area (Å²) in [5, 5.41) is 15.1. The van der Waals surface area contributed by atoms with Crippen LogP contribution in [0, 0.1) is 17.3 Å². The first-order valence-electron chi connectivity index (χ1n) is 9.81. The van der Waals surface area contributed by atoms with Gasteiger partial charge in [-0.25, -0.2) is 4.79 Å². The van der Waals surface area contributed by atoms with Gasteiger partial charge in [0.1, 0.15) is 6.04 Å². The van der Waals surface area contributed by atoms with Crippen LogP contribution in [0.3, 0.4) is 0 Å². The summed E-state index contributed by atoms with van der Waals surface area (Å²) in [5.74, 6) is -1.39. The van der Waals surface area contributed by atoms with Gasteiger partial charge in [0.15, 0.2) is 0 Å². The van der Waals surface area contributed by atoms with Crippen molar-refractivity contribution >= 4 is 17.8 Å². The van der Waals surface area contributed by atoms with Crippen LogP contribution in [-0.2, 0) is 14.4 Å². The average molecular weight is 398 g/mol. The van der Waals surface area contributed by atoms with E-state index >= 15 is 0 Å². The highest BCUT2D eigenvalue weighted by Gasteiger charge is 2.38. The Kier molecular flexibility index (Phi) is 9.88. The fourth-order valence-corrected chi connectivity index (χ4v) is 3.08. The minimum Gasteiger partial charge on any atom is -0.478 e. The zero-order valence-electron chi connectivity index (χ0n) is 19.1. The molecule has 0 aromatic carbocycles. The number of likely N-dealkylation sites (N-methyl/N-ethyl adjacent to an activating group) is 2. The lowest BCUT2D eigenvalue weighted by atomic mass is 9.84. The fourth-order valence-electron chi connectivity index (χ4n) is 3.08. The predicted octanol–water partition coefficient (Wildman–Crippen LogP) is 2.28. The van der Waals surface area contributed by atoms with Crippen molar-refractivity contribution in [2.45, 2.75) is 73.5 Å². The number of carboxylic acids is 1. The Labute approximate surface area is 169 Å². The Morgan fingerprint density at radius 2 is 1.54 bits per heavy atom. The first kappa shape index (κ1) is 26.1. The summed E-state index contributed by atoms with van der Waals surface area (Å²) in [6, 6.07) is -1.53. The van der Waals surface area contributed by atoms with E-state index in [2.05, 4.69) is 10.6 Å². The third-order valence-corrected chi connectivity index (χ3v) is 4.90. The molecule has 0 aromatic heterocycles. The molecule has 162 valence electrons. The molecule has 2 amide bonds. The molecule has 0 saturated heterocycles. The van der Waals surface area contributed by atoms with Gasteiger partial charge in [0.05, 0.1) is 12.1 Å². The number of nitrogens with one attached hydrogen (secondary N) is 2. The number of hydrogen-bond donors (Lipinski definition) is 3. The second-order valence-electron chi connectivity index (χ2n) is 9.16. The van der Waals surface area contributed by atoms with Gasteiger partial charge in [0, 0.05) is 12.6 Å². The molecule has 3 N–H and O–H groups in total. The molecule has 28 heavy (non-hydrogen) atoms. The van der Waals surface area contributed by atoms with Crippen molar-refractivity contribution in [3.05, 3.63) is 11.6 Å². The molecule has 0 aliphatic rings. The molecule has 0 rings (SSSR count). The third-order valence-electron chi connectivity index (χ3n) is 4.90. The largest absolute Gasteiger partial charge is 0.478 e. The SMILES string of the molecule is CN[C@H](C(=O)N[C@H](C(=O)N(C)[C@H](C=C(C)C(=O)O)C(C)C)C(C)(C)C)C(C)C. The number of carbonyl (C=O) groups excluding carboxylic acids is 2. The molecule has 0 aliphatic carbocycles. The molecule has 0 radical (unpaired) electrons. The van der Waals surface area contributed by atoms with E-state index in [0.29, 0.717) is 0 Å². The molecule has 0 bridgehead atoms. The number of rotatable bonds is 9. The van der Waals surface area contributed by atoms with Crippen LogP contribution >= 0.6 is 0 Å². The average Bonchev–Trinajstić information content (AvgIpc) is 2.54. The Balaban J connectivity index is 5.80. The molecule has 0 unspecified atom stereocenters. The molecule has 0 heterocycles. The molecular weight excluding hydrogens is 358 g/mol. The number of aliphatic carboxylic acids is 1. The van der Waals surface area contributed by atoms with Crippen molar-refractivity contribution in [3.8, 4) is 0 Å². The van der Waals surface area contributed by atoms with Gasteiger partial charge in [0.2, 0.25) is 11.8 Å². The fraction of sp³-hybridized carbons (Fsp3) is 0.762. The standard InChI is InChI=1S/C21H39N3O4/c1-12(2)15(11-14(5)20(27)28)24(10)19(26)17(21(6,7)8)23-18(25)16(22-9)13(3)4/h11-13,15-17,22H,1-10H3,(H,23,25)(H,27,28)/t15-,16+,17-/m1/s1. The summed E-state index contributed by atoms with van der Waals surface area (Å²) < 4.78 is 0. The summed E-state index contributed by atoms with van der Waals surface area (Å²) in [7, 11) is 3.38. The maximum Gasteiger partial charge on any atom is 0.331 e. The van der Waals surface area contributed by atoms with E-state index in [0.717, 1.165) is 0 Å². The topological polar surface area (TPSA) is 98.7 Å². The normalized spacial score (nSPS) is 15.9. The van der Waals surface area contributed by atoms with E-state index in [1.54, 1.807) is 20.2 Å².